The lowest BCUT2D eigenvalue weighted by Gasteiger charge is -2.11. The number of hydrogen-bond acceptors (Lipinski definition) is 5. The Morgan fingerprint density at radius 2 is 1.87 bits per heavy atom. The standard InChI is InChI=1S/C22H27FN2S2.CH2O2/c1-14-9-16(3)22(17(4)10-14)27-13-21-25-19(12-26-21)7-8-24-20-11-18(23)6-5-15(20)2;2-1-3/h5-6,9-11,19,24H,7-8,12-13H2,1-4H3;1H,(H,2,3). The van der Waals surface area contributed by atoms with Crippen molar-refractivity contribution >= 4 is 40.7 Å². The Bertz CT molecular complexity index is 880. The van der Waals surface area contributed by atoms with E-state index in [1.165, 1.54) is 32.7 Å². The number of aliphatic imine (C=N–C) groups is 1. The number of carboxylic acid groups (broad SMARTS) is 1. The third-order valence-corrected chi connectivity index (χ3v) is 7.37. The fourth-order valence-corrected chi connectivity index (χ4v) is 5.66. The van der Waals surface area contributed by atoms with Crippen LogP contribution in [0, 0.1) is 33.5 Å². The van der Waals surface area contributed by atoms with Crippen LogP contribution in [0.5, 0.6) is 0 Å². The van der Waals surface area contributed by atoms with Gasteiger partial charge in [-0.3, -0.25) is 9.79 Å². The molecule has 0 fully saturated rings. The molecule has 3 rings (SSSR count). The summed E-state index contributed by atoms with van der Waals surface area (Å²) in [5, 5.41) is 11.5. The highest BCUT2D eigenvalue weighted by Gasteiger charge is 2.18. The molecule has 7 heteroatoms. The predicted octanol–water partition coefficient (Wildman–Crippen LogP) is 5.87. The third-order valence-electron chi connectivity index (χ3n) is 4.71. The summed E-state index contributed by atoms with van der Waals surface area (Å²) in [6.45, 7) is 9.09. The summed E-state index contributed by atoms with van der Waals surface area (Å²) in [4.78, 5) is 14.6. The number of halogens is 1. The summed E-state index contributed by atoms with van der Waals surface area (Å²) in [5.74, 6) is 1.80. The summed E-state index contributed by atoms with van der Waals surface area (Å²) in [6, 6.07) is 9.73. The van der Waals surface area contributed by atoms with Gasteiger partial charge in [-0.25, -0.2) is 4.39 Å². The largest absolute Gasteiger partial charge is 0.483 e. The van der Waals surface area contributed by atoms with Gasteiger partial charge in [0.15, 0.2) is 0 Å². The van der Waals surface area contributed by atoms with Gasteiger partial charge in [0.05, 0.1) is 11.1 Å². The van der Waals surface area contributed by atoms with E-state index in [4.69, 9.17) is 14.9 Å². The van der Waals surface area contributed by atoms with E-state index in [-0.39, 0.29) is 12.3 Å². The molecule has 1 aliphatic heterocycles. The van der Waals surface area contributed by atoms with Gasteiger partial charge in [-0.1, -0.05) is 23.8 Å². The molecule has 0 bridgehead atoms. The topological polar surface area (TPSA) is 61.7 Å². The van der Waals surface area contributed by atoms with Gasteiger partial charge in [0, 0.05) is 28.6 Å². The van der Waals surface area contributed by atoms with E-state index >= 15 is 0 Å². The Balaban J connectivity index is 0.00000101. The van der Waals surface area contributed by atoms with Crippen LogP contribution in [0.1, 0.15) is 28.7 Å². The van der Waals surface area contributed by atoms with Crippen LogP contribution in [0.25, 0.3) is 0 Å². The normalized spacial score (nSPS) is 15.2. The summed E-state index contributed by atoms with van der Waals surface area (Å²) in [6.07, 6.45) is 0.972. The maximum Gasteiger partial charge on any atom is 0.290 e. The number of nitrogens with one attached hydrogen (secondary N) is 1. The second kappa shape index (κ2) is 12.0. The first kappa shape index (κ1) is 24.3. The molecule has 162 valence electrons. The molecular formula is C23H29FN2O2S2. The lowest BCUT2D eigenvalue weighted by molar-refractivity contribution is -0.122. The number of aryl methyl sites for hydroxylation is 4. The van der Waals surface area contributed by atoms with E-state index in [0.29, 0.717) is 6.04 Å². The van der Waals surface area contributed by atoms with Crippen molar-refractivity contribution in [1.82, 2.24) is 0 Å². The fraction of sp³-hybridized carbons (Fsp3) is 0.391. The van der Waals surface area contributed by atoms with Crippen LogP contribution in [0.3, 0.4) is 0 Å². The summed E-state index contributed by atoms with van der Waals surface area (Å²) in [7, 11) is 0. The summed E-state index contributed by atoms with van der Waals surface area (Å²) >= 11 is 3.77. The van der Waals surface area contributed by atoms with Crippen molar-refractivity contribution in [3.05, 3.63) is 58.4 Å². The first-order valence-corrected chi connectivity index (χ1v) is 11.8. The Kier molecular flexibility index (Phi) is 9.72. The highest BCUT2D eigenvalue weighted by molar-refractivity contribution is 8.16. The van der Waals surface area contributed by atoms with Crippen LogP contribution in [0.15, 0.2) is 40.2 Å². The Labute approximate surface area is 186 Å². The molecule has 0 aromatic heterocycles. The molecule has 2 aromatic carbocycles. The highest BCUT2D eigenvalue weighted by Crippen LogP contribution is 2.31. The number of nitrogens with zero attached hydrogens (tertiary/aromatic N) is 1. The van der Waals surface area contributed by atoms with E-state index in [1.54, 1.807) is 6.07 Å². The average Bonchev–Trinajstić information content (AvgIpc) is 3.12. The van der Waals surface area contributed by atoms with Gasteiger partial charge in [0.25, 0.3) is 6.47 Å². The zero-order valence-corrected chi connectivity index (χ0v) is 19.5. The zero-order valence-electron chi connectivity index (χ0n) is 17.9. The van der Waals surface area contributed by atoms with Crippen LogP contribution in [0.4, 0.5) is 10.1 Å². The molecule has 2 aromatic rings. The quantitative estimate of drug-likeness (QED) is 0.410. The second-order valence-corrected chi connectivity index (χ2v) is 9.36. The molecule has 0 aliphatic carbocycles. The predicted molar refractivity (Wildman–Crippen MR) is 128 cm³/mol. The molecule has 0 amide bonds. The summed E-state index contributed by atoms with van der Waals surface area (Å²) in [5.41, 5.74) is 5.98. The molecule has 0 saturated carbocycles. The molecule has 4 nitrogen and oxygen atoms in total. The van der Waals surface area contributed by atoms with Crippen LogP contribution in [0.2, 0.25) is 0 Å². The molecule has 30 heavy (non-hydrogen) atoms. The van der Waals surface area contributed by atoms with Gasteiger partial charge in [-0.15, -0.1) is 23.5 Å². The van der Waals surface area contributed by atoms with Crippen LogP contribution >= 0.6 is 23.5 Å². The molecule has 0 spiro atoms. The molecular weight excluding hydrogens is 419 g/mol. The van der Waals surface area contributed by atoms with Crippen molar-refractivity contribution < 1.29 is 14.3 Å². The Morgan fingerprint density at radius 1 is 1.20 bits per heavy atom. The van der Waals surface area contributed by atoms with Gasteiger partial charge in [-0.2, -0.15) is 0 Å². The lowest BCUT2D eigenvalue weighted by Crippen LogP contribution is -2.12. The molecule has 2 N–H and O–H groups in total. The minimum absolute atomic E-state index is 0.196. The lowest BCUT2D eigenvalue weighted by atomic mass is 10.1. The molecule has 1 heterocycles. The van der Waals surface area contributed by atoms with Crippen LogP contribution in [-0.2, 0) is 4.79 Å². The second-order valence-electron chi connectivity index (χ2n) is 7.28. The number of anilines is 1. The zero-order chi connectivity index (χ0) is 22.1. The van der Waals surface area contributed by atoms with Gasteiger partial charge in [0.1, 0.15) is 5.82 Å². The third kappa shape index (κ3) is 7.36. The van der Waals surface area contributed by atoms with Crippen molar-refractivity contribution in [3.8, 4) is 0 Å². The number of carbonyl (C=O) groups is 1. The van der Waals surface area contributed by atoms with Crippen LogP contribution in [-0.4, -0.2) is 40.7 Å². The van der Waals surface area contributed by atoms with E-state index in [0.717, 1.165) is 35.7 Å². The Morgan fingerprint density at radius 3 is 2.53 bits per heavy atom. The maximum atomic E-state index is 13.4. The van der Waals surface area contributed by atoms with Gasteiger partial charge < -0.3 is 10.4 Å². The molecule has 1 atom stereocenters. The van der Waals surface area contributed by atoms with E-state index in [2.05, 4.69) is 38.2 Å². The summed E-state index contributed by atoms with van der Waals surface area (Å²) < 4.78 is 13.4. The van der Waals surface area contributed by atoms with Crippen LogP contribution < -0.4 is 5.32 Å². The average molecular weight is 449 g/mol. The van der Waals surface area contributed by atoms with Crippen molar-refractivity contribution in [1.29, 1.82) is 0 Å². The van der Waals surface area contributed by atoms with Gasteiger partial charge in [0.2, 0.25) is 0 Å². The fourth-order valence-electron chi connectivity index (χ4n) is 3.38. The van der Waals surface area contributed by atoms with Crippen molar-refractivity contribution in [2.24, 2.45) is 4.99 Å². The van der Waals surface area contributed by atoms with E-state index in [9.17, 15) is 4.39 Å². The SMILES string of the molecule is Cc1cc(C)c(SCC2=NC(CCNc3cc(F)ccc3C)CS2)c(C)c1.O=CO. The number of hydrogen-bond donors (Lipinski definition) is 2. The minimum Gasteiger partial charge on any atom is -0.483 e. The monoisotopic (exact) mass is 448 g/mol. The van der Waals surface area contributed by atoms with E-state index < -0.39 is 0 Å². The van der Waals surface area contributed by atoms with E-state index in [1.807, 2.05) is 36.5 Å². The number of thioether (sulfide) groups is 2. The smallest absolute Gasteiger partial charge is 0.290 e. The molecule has 1 unspecified atom stereocenters. The van der Waals surface area contributed by atoms with Gasteiger partial charge >= 0.3 is 0 Å². The first-order chi connectivity index (χ1) is 14.3. The van der Waals surface area contributed by atoms with Crippen molar-refractivity contribution in [2.45, 2.75) is 45.1 Å². The van der Waals surface area contributed by atoms with Gasteiger partial charge in [-0.05, 0) is 62.9 Å². The molecule has 0 radical (unpaired) electrons. The van der Waals surface area contributed by atoms with Crippen molar-refractivity contribution in [3.63, 3.8) is 0 Å². The Hall–Kier alpha value is -1.99. The number of benzene rings is 2. The molecule has 1 aliphatic rings. The van der Waals surface area contributed by atoms with Crippen molar-refractivity contribution in [2.75, 3.05) is 23.4 Å². The minimum atomic E-state index is -0.250. The first-order valence-electron chi connectivity index (χ1n) is 9.82. The highest BCUT2D eigenvalue weighted by atomic mass is 32.2. The maximum absolute atomic E-state index is 13.4. The molecule has 0 saturated heterocycles. The number of rotatable bonds is 7.